The Morgan fingerprint density at radius 1 is 1.04 bits per heavy atom. The largest absolute Gasteiger partial charge is 0.495 e. The number of methoxy groups -OCH3 is 1. The van der Waals surface area contributed by atoms with Crippen LogP contribution in [0.3, 0.4) is 0 Å². The van der Waals surface area contributed by atoms with Crippen molar-refractivity contribution < 1.29 is 23.9 Å². The van der Waals surface area contributed by atoms with Crippen molar-refractivity contribution in [2.24, 2.45) is 0 Å². The second kappa shape index (κ2) is 10.0. The minimum Gasteiger partial charge on any atom is -0.495 e. The van der Waals surface area contributed by atoms with E-state index < -0.39 is 4.92 Å². The molecule has 9 heteroatoms. The van der Waals surface area contributed by atoms with Gasteiger partial charge >= 0.3 is 0 Å². The number of hydrogen-bond acceptors (Lipinski definition) is 7. The predicted octanol–water partition coefficient (Wildman–Crippen LogP) is 3.45. The lowest BCUT2D eigenvalue weighted by Gasteiger charge is -2.14. The van der Waals surface area contributed by atoms with Gasteiger partial charge in [-0.3, -0.25) is 14.9 Å². The number of hydrogen-bond donors (Lipinski definition) is 2. The lowest BCUT2D eigenvalue weighted by molar-refractivity contribution is -0.384. The van der Waals surface area contributed by atoms with Crippen molar-refractivity contribution >= 4 is 23.0 Å². The molecule has 0 aliphatic rings. The third kappa shape index (κ3) is 5.50. The van der Waals surface area contributed by atoms with Crippen LogP contribution in [0.25, 0.3) is 0 Å². The summed E-state index contributed by atoms with van der Waals surface area (Å²) in [5.74, 6) is 1.16. The van der Waals surface area contributed by atoms with Gasteiger partial charge in [0, 0.05) is 18.2 Å². The minimum atomic E-state index is -0.516. The number of non-ortho nitro benzene ring substituents is 1. The van der Waals surface area contributed by atoms with Crippen LogP contribution >= 0.6 is 0 Å². The number of carbonyl (C=O) groups excluding carboxylic acids is 1. The molecule has 0 aromatic heterocycles. The first-order valence-electron chi connectivity index (χ1n) is 8.74. The molecule has 0 unspecified atom stereocenters. The van der Waals surface area contributed by atoms with Crippen molar-refractivity contribution in [2.45, 2.75) is 13.8 Å². The van der Waals surface area contributed by atoms with Crippen LogP contribution in [-0.4, -0.2) is 37.7 Å². The summed E-state index contributed by atoms with van der Waals surface area (Å²) in [6, 6.07) is 9.28. The van der Waals surface area contributed by atoms with Gasteiger partial charge in [0.25, 0.3) is 5.69 Å². The molecule has 2 aromatic rings. The van der Waals surface area contributed by atoms with Crippen molar-refractivity contribution in [1.29, 1.82) is 0 Å². The topological polar surface area (TPSA) is 112 Å². The number of benzene rings is 2. The molecule has 150 valence electrons. The molecule has 1 amide bonds. The second-order valence-electron chi connectivity index (χ2n) is 5.57. The average Bonchev–Trinajstić information content (AvgIpc) is 2.68. The van der Waals surface area contributed by atoms with Crippen molar-refractivity contribution in [2.75, 3.05) is 37.5 Å². The normalized spacial score (nSPS) is 10.1. The molecular weight excluding hydrogens is 366 g/mol. The standard InChI is InChI=1S/C19H23N3O6/c1-4-27-14-7-9-18(28-5-2)16(11-14)21-19(23)12-20-15-10-13(22(24)25)6-8-17(15)26-3/h6-11,20H,4-5,12H2,1-3H3,(H,21,23). The number of amides is 1. The van der Waals surface area contributed by atoms with Gasteiger partial charge in [0.1, 0.15) is 17.2 Å². The van der Waals surface area contributed by atoms with Crippen LogP contribution < -0.4 is 24.8 Å². The highest BCUT2D eigenvalue weighted by atomic mass is 16.6. The Kier molecular flexibility index (Phi) is 7.44. The van der Waals surface area contributed by atoms with Crippen LogP contribution in [0.2, 0.25) is 0 Å². The number of anilines is 2. The molecule has 28 heavy (non-hydrogen) atoms. The maximum absolute atomic E-state index is 12.4. The summed E-state index contributed by atoms with van der Waals surface area (Å²) in [7, 11) is 1.44. The zero-order valence-electron chi connectivity index (χ0n) is 16.0. The van der Waals surface area contributed by atoms with E-state index in [0.717, 1.165) is 0 Å². The summed E-state index contributed by atoms with van der Waals surface area (Å²) in [4.78, 5) is 22.8. The number of rotatable bonds is 10. The van der Waals surface area contributed by atoms with E-state index in [-0.39, 0.29) is 18.1 Å². The highest BCUT2D eigenvalue weighted by Crippen LogP contribution is 2.30. The summed E-state index contributed by atoms with van der Waals surface area (Å²) in [5.41, 5.74) is 0.720. The molecule has 2 aromatic carbocycles. The van der Waals surface area contributed by atoms with Crippen LogP contribution in [0, 0.1) is 10.1 Å². The van der Waals surface area contributed by atoms with E-state index >= 15 is 0 Å². The van der Waals surface area contributed by atoms with Crippen LogP contribution in [-0.2, 0) is 4.79 Å². The maximum atomic E-state index is 12.4. The predicted molar refractivity (Wildman–Crippen MR) is 106 cm³/mol. The molecule has 0 aliphatic heterocycles. The summed E-state index contributed by atoms with van der Waals surface area (Å²) in [6.07, 6.45) is 0. The molecule has 0 spiro atoms. The fourth-order valence-electron chi connectivity index (χ4n) is 2.46. The van der Waals surface area contributed by atoms with Gasteiger partial charge in [0.2, 0.25) is 5.91 Å². The number of nitrogens with one attached hydrogen (secondary N) is 2. The number of ether oxygens (including phenoxy) is 3. The van der Waals surface area contributed by atoms with E-state index in [4.69, 9.17) is 14.2 Å². The molecule has 0 atom stereocenters. The fourth-order valence-corrected chi connectivity index (χ4v) is 2.46. The van der Waals surface area contributed by atoms with E-state index in [0.29, 0.717) is 41.8 Å². The van der Waals surface area contributed by atoms with E-state index in [1.165, 1.54) is 25.3 Å². The molecule has 0 saturated carbocycles. The zero-order valence-corrected chi connectivity index (χ0v) is 16.0. The first-order valence-corrected chi connectivity index (χ1v) is 8.74. The van der Waals surface area contributed by atoms with Gasteiger partial charge in [-0.05, 0) is 32.0 Å². The molecule has 0 bridgehead atoms. The lowest BCUT2D eigenvalue weighted by atomic mass is 10.2. The Balaban J connectivity index is 2.11. The van der Waals surface area contributed by atoms with Crippen LogP contribution in [0.15, 0.2) is 36.4 Å². The number of nitro groups is 1. The quantitative estimate of drug-likeness (QED) is 0.473. The molecule has 2 N–H and O–H groups in total. The van der Waals surface area contributed by atoms with E-state index in [2.05, 4.69) is 10.6 Å². The Hall–Kier alpha value is -3.49. The van der Waals surface area contributed by atoms with Crippen molar-refractivity contribution in [1.82, 2.24) is 0 Å². The summed E-state index contributed by atoms with van der Waals surface area (Å²) >= 11 is 0. The van der Waals surface area contributed by atoms with E-state index in [9.17, 15) is 14.9 Å². The molecule has 0 heterocycles. The fraction of sp³-hybridized carbons (Fsp3) is 0.316. The minimum absolute atomic E-state index is 0.105. The Morgan fingerprint density at radius 3 is 2.39 bits per heavy atom. The van der Waals surface area contributed by atoms with E-state index in [1.807, 2.05) is 13.8 Å². The SMILES string of the molecule is CCOc1ccc(OCC)c(NC(=O)CNc2cc([N+](=O)[O-])ccc2OC)c1. The average molecular weight is 389 g/mol. The molecule has 0 fully saturated rings. The summed E-state index contributed by atoms with van der Waals surface area (Å²) in [6.45, 7) is 4.53. The number of nitro benzene ring substituents is 1. The molecule has 0 aliphatic carbocycles. The highest BCUT2D eigenvalue weighted by molar-refractivity contribution is 5.95. The maximum Gasteiger partial charge on any atom is 0.271 e. The Morgan fingerprint density at radius 2 is 1.75 bits per heavy atom. The first-order chi connectivity index (χ1) is 13.5. The van der Waals surface area contributed by atoms with Gasteiger partial charge in [0.15, 0.2) is 0 Å². The zero-order chi connectivity index (χ0) is 20.5. The summed E-state index contributed by atoms with van der Waals surface area (Å²) < 4.78 is 16.2. The van der Waals surface area contributed by atoms with Gasteiger partial charge in [-0.25, -0.2) is 0 Å². The second-order valence-corrected chi connectivity index (χ2v) is 5.57. The smallest absolute Gasteiger partial charge is 0.271 e. The molecule has 0 radical (unpaired) electrons. The molecule has 2 rings (SSSR count). The highest BCUT2D eigenvalue weighted by Gasteiger charge is 2.14. The lowest BCUT2D eigenvalue weighted by Crippen LogP contribution is -2.22. The van der Waals surface area contributed by atoms with Crippen molar-refractivity contribution in [3.63, 3.8) is 0 Å². The third-order valence-corrected chi connectivity index (χ3v) is 3.67. The van der Waals surface area contributed by atoms with Crippen LogP contribution in [0.4, 0.5) is 17.1 Å². The monoisotopic (exact) mass is 389 g/mol. The van der Waals surface area contributed by atoms with Crippen molar-refractivity contribution in [3.05, 3.63) is 46.5 Å². The third-order valence-electron chi connectivity index (χ3n) is 3.67. The van der Waals surface area contributed by atoms with Crippen LogP contribution in [0.5, 0.6) is 17.2 Å². The Labute approximate surface area is 162 Å². The van der Waals surface area contributed by atoms with Gasteiger partial charge in [-0.2, -0.15) is 0 Å². The molecular formula is C19H23N3O6. The van der Waals surface area contributed by atoms with Crippen LogP contribution in [0.1, 0.15) is 13.8 Å². The van der Waals surface area contributed by atoms with Gasteiger partial charge in [-0.1, -0.05) is 0 Å². The van der Waals surface area contributed by atoms with E-state index in [1.54, 1.807) is 18.2 Å². The summed E-state index contributed by atoms with van der Waals surface area (Å²) in [5, 5.41) is 16.6. The molecule has 0 saturated heterocycles. The van der Waals surface area contributed by atoms with Gasteiger partial charge in [-0.15, -0.1) is 0 Å². The Bertz CT molecular complexity index is 840. The van der Waals surface area contributed by atoms with Gasteiger partial charge < -0.3 is 24.8 Å². The van der Waals surface area contributed by atoms with Gasteiger partial charge in [0.05, 0.1) is 43.2 Å². The number of nitrogens with zero attached hydrogens (tertiary/aromatic N) is 1. The molecule has 9 nitrogen and oxygen atoms in total. The van der Waals surface area contributed by atoms with Crippen molar-refractivity contribution in [3.8, 4) is 17.2 Å². The first kappa shape index (κ1) is 20.8. The number of carbonyl (C=O) groups is 1.